The van der Waals surface area contributed by atoms with Crippen molar-refractivity contribution < 1.29 is 4.79 Å². The Morgan fingerprint density at radius 3 is 2.84 bits per heavy atom. The summed E-state index contributed by atoms with van der Waals surface area (Å²) in [7, 11) is 0. The minimum Gasteiger partial charge on any atom is -0.307 e. The first-order chi connectivity index (χ1) is 18.1. The lowest BCUT2D eigenvalue weighted by Gasteiger charge is -2.21. The highest BCUT2D eigenvalue weighted by Crippen LogP contribution is 2.41. The lowest BCUT2D eigenvalue weighted by Crippen LogP contribution is -2.23. The second-order valence-corrected chi connectivity index (χ2v) is 10.2. The van der Waals surface area contributed by atoms with Gasteiger partial charge in [-0.1, -0.05) is 23.6 Å². The number of benzene rings is 1. The van der Waals surface area contributed by atoms with Gasteiger partial charge in [-0.15, -0.1) is 5.92 Å². The Hall–Kier alpha value is -3.66. The van der Waals surface area contributed by atoms with Crippen molar-refractivity contribution in [3.8, 4) is 23.1 Å². The lowest BCUT2D eigenvalue weighted by atomic mass is 10.0. The Kier molecular flexibility index (Phi) is 6.42. The second kappa shape index (κ2) is 10.0. The van der Waals surface area contributed by atoms with E-state index >= 15 is 0 Å². The van der Waals surface area contributed by atoms with E-state index in [9.17, 15) is 4.79 Å². The number of hydrogen-bond acceptors (Lipinski definition) is 4. The van der Waals surface area contributed by atoms with Gasteiger partial charge in [0.15, 0.2) is 0 Å². The highest BCUT2D eigenvalue weighted by molar-refractivity contribution is 6.33. The van der Waals surface area contributed by atoms with Gasteiger partial charge in [-0.2, -0.15) is 0 Å². The molecule has 1 unspecified atom stereocenters. The first-order valence-corrected chi connectivity index (χ1v) is 13.2. The number of anilines is 1. The molecule has 7 heteroatoms. The topological polar surface area (TPSA) is 62.5 Å². The van der Waals surface area contributed by atoms with E-state index < -0.39 is 0 Å². The van der Waals surface area contributed by atoms with E-state index in [2.05, 4.69) is 48.6 Å². The first kappa shape index (κ1) is 23.7. The van der Waals surface area contributed by atoms with Crippen molar-refractivity contribution in [2.75, 3.05) is 18.4 Å². The highest BCUT2D eigenvalue weighted by Gasteiger charge is 2.29. The van der Waals surface area contributed by atoms with E-state index in [0.29, 0.717) is 28.4 Å². The molecule has 0 bridgehead atoms. The highest BCUT2D eigenvalue weighted by atomic mass is 35.5. The average molecular weight is 510 g/mol. The number of carbonyl (C=O) groups is 1. The first-order valence-electron chi connectivity index (χ1n) is 12.8. The Balaban J connectivity index is 1.30. The molecule has 3 aromatic heterocycles. The smallest absolute Gasteiger partial charge is 0.256 e. The second-order valence-electron chi connectivity index (χ2n) is 9.77. The normalized spacial score (nSPS) is 17.5. The largest absolute Gasteiger partial charge is 0.307 e. The molecule has 6 rings (SSSR count). The Labute approximate surface area is 221 Å². The third kappa shape index (κ3) is 4.73. The van der Waals surface area contributed by atoms with Gasteiger partial charge in [0.25, 0.3) is 5.91 Å². The van der Waals surface area contributed by atoms with Crippen LogP contribution in [0, 0.1) is 11.8 Å². The van der Waals surface area contributed by atoms with Crippen LogP contribution in [0.15, 0.2) is 61.2 Å². The van der Waals surface area contributed by atoms with Crippen LogP contribution >= 0.6 is 11.6 Å². The zero-order valence-electron chi connectivity index (χ0n) is 20.7. The maximum Gasteiger partial charge on any atom is 0.256 e. The molecule has 186 valence electrons. The van der Waals surface area contributed by atoms with Crippen LogP contribution in [0.5, 0.6) is 0 Å². The summed E-state index contributed by atoms with van der Waals surface area (Å²) in [5.74, 6) is 7.18. The molecule has 2 fully saturated rings. The summed E-state index contributed by atoms with van der Waals surface area (Å²) < 4.78 is 2.09. The number of pyridine rings is 1. The van der Waals surface area contributed by atoms with Crippen molar-refractivity contribution in [1.82, 2.24) is 19.3 Å². The van der Waals surface area contributed by atoms with Gasteiger partial charge in [0.1, 0.15) is 5.82 Å². The predicted molar refractivity (Wildman–Crippen MR) is 147 cm³/mol. The molecule has 1 aromatic carbocycles. The average Bonchev–Trinajstić information content (AvgIpc) is 3.56. The van der Waals surface area contributed by atoms with Gasteiger partial charge in [0.05, 0.1) is 29.1 Å². The molecule has 4 heterocycles. The molecule has 2 aliphatic rings. The van der Waals surface area contributed by atoms with E-state index in [1.54, 1.807) is 12.3 Å². The number of carbonyl (C=O) groups excluding carboxylic acids is 1. The number of aromatic nitrogens is 3. The van der Waals surface area contributed by atoms with Gasteiger partial charge in [0, 0.05) is 29.6 Å². The van der Waals surface area contributed by atoms with E-state index in [1.807, 2.05) is 43.7 Å². The summed E-state index contributed by atoms with van der Waals surface area (Å²) in [5.41, 5.74) is 5.91. The van der Waals surface area contributed by atoms with Crippen LogP contribution in [0.3, 0.4) is 0 Å². The Bertz CT molecular complexity index is 1540. The summed E-state index contributed by atoms with van der Waals surface area (Å²) in [4.78, 5) is 24.1. The van der Waals surface area contributed by atoms with Crippen molar-refractivity contribution in [3.05, 3.63) is 82.9 Å². The molecule has 4 aromatic rings. The molecule has 1 aliphatic carbocycles. The number of nitrogens with zero attached hydrogens (tertiary/aromatic N) is 4. The van der Waals surface area contributed by atoms with Crippen LogP contribution in [-0.4, -0.2) is 38.3 Å². The predicted octanol–water partition coefficient (Wildman–Crippen LogP) is 6.34. The van der Waals surface area contributed by atoms with Gasteiger partial charge < -0.3 is 9.72 Å². The van der Waals surface area contributed by atoms with E-state index in [0.717, 1.165) is 42.7 Å². The fraction of sp³-hybridized carbons (Fsp3) is 0.300. The number of rotatable bonds is 6. The third-order valence-corrected chi connectivity index (χ3v) is 7.68. The third-order valence-electron chi connectivity index (χ3n) is 7.37. The Morgan fingerprint density at radius 2 is 2.03 bits per heavy atom. The number of hydrogen-bond donors (Lipinski definition) is 1. The number of halogens is 1. The van der Waals surface area contributed by atoms with Gasteiger partial charge in [-0.3, -0.25) is 9.69 Å². The summed E-state index contributed by atoms with van der Waals surface area (Å²) >= 11 is 6.79. The molecule has 1 amide bonds. The molecular weight excluding hydrogens is 482 g/mol. The molecule has 1 saturated heterocycles. The zero-order chi connectivity index (χ0) is 25.4. The SMILES string of the molecule is CC#CCN1CCCC1c1cc(-c2ccc(C(=O)Nc3cc(C4CC4)ccn3)cc2Cl)n2cnccc12. The molecule has 6 nitrogen and oxygen atoms in total. The maximum absolute atomic E-state index is 13.0. The molecule has 1 aliphatic heterocycles. The molecule has 37 heavy (non-hydrogen) atoms. The number of fused-ring (bicyclic) bond motifs is 1. The molecule has 0 radical (unpaired) electrons. The minimum absolute atomic E-state index is 0.227. The lowest BCUT2D eigenvalue weighted by molar-refractivity contribution is 0.102. The van der Waals surface area contributed by atoms with Crippen molar-refractivity contribution >= 4 is 28.8 Å². The molecular formula is C30H28ClN5O. The zero-order valence-corrected chi connectivity index (χ0v) is 21.5. The molecule has 1 atom stereocenters. The van der Waals surface area contributed by atoms with Crippen molar-refractivity contribution in [1.29, 1.82) is 0 Å². The fourth-order valence-electron chi connectivity index (χ4n) is 5.34. The maximum atomic E-state index is 13.0. The van der Waals surface area contributed by atoms with Crippen LogP contribution in [0.2, 0.25) is 5.02 Å². The summed E-state index contributed by atoms with van der Waals surface area (Å²) in [5, 5.41) is 3.44. The van der Waals surface area contributed by atoms with Gasteiger partial charge >= 0.3 is 0 Å². The van der Waals surface area contributed by atoms with E-state index in [4.69, 9.17) is 11.6 Å². The Morgan fingerprint density at radius 1 is 1.14 bits per heavy atom. The number of amides is 1. The van der Waals surface area contributed by atoms with Crippen LogP contribution in [0.1, 0.15) is 66.1 Å². The summed E-state index contributed by atoms with van der Waals surface area (Å²) in [6, 6.07) is 14.0. The molecule has 0 spiro atoms. The van der Waals surface area contributed by atoms with E-state index in [-0.39, 0.29) is 5.91 Å². The molecule has 1 saturated carbocycles. The van der Waals surface area contributed by atoms with Gasteiger partial charge in [0.2, 0.25) is 0 Å². The van der Waals surface area contributed by atoms with Crippen LogP contribution in [0.4, 0.5) is 5.82 Å². The van der Waals surface area contributed by atoms with Crippen molar-refractivity contribution in [2.24, 2.45) is 0 Å². The fourth-order valence-corrected chi connectivity index (χ4v) is 5.62. The van der Waals surface area contributed by atoms with Gasteiger partial charge in [-0.25, -0.2) is 9.97 Å². The van der Waals surface area contributed by atoms with Crippen molar-refractivity contribution in [3.63, 3.8) is 0 Å². The standard InChI is InChI=1S/C30H28ClN5O/c1-2-3-14-35-15-4-5-26(35)24-18-28(36-19-32-12-11-27(24)36)23-9-8-22(16-25(23)31)30(37)34-29-17-21(10-13-33-29)20-6-7-20/h8-13,16-20,26H,4-7,14-15H2,1H3,(H,33,34,37). The quantitative estimate of drug-likeness (QED) is 0.308. The van der Waals surface area contributed by atoms with E-state index in [1.165, 1.54) is 24.0 Å². The molecule has 1 N–H and O–H groups in total. The number of likely N-dealkylation sites (tertiary alicyclic amines) is 1. The van der Waals surface area contributed by atoms with Crippen LogP contribution < -0.4 is 5.32 Å². The van der Waals surface area contributed by atoms with Crippen LogP contribution in [0.25, 0.3) is 16.8 Å². The van der Waals surface area contributed by atoms with Gasteiger partial charge in [-0.05, 0) is 92.6 Å². The summed E-state index contributed by atoms with van der Waals surface area (Å²) in [6.07, 6.45) is 10.1. The summed E-state index contributed by atoms with van der Waals surface area (Å²) in [6.45, 7) is 3.69. The number of nitrogens with one attached hydrogen (secondary N) is 1. The monoisotopic (exact) mass is 509 g/mol. The minimum atomic E-state index is -0.227. The van der Waals surface area contributed by atoms with Crippen LogP contribution in [-0.2, 0) is 0 Å². The van der Waals surface area contributed by atoms with Crippen molar-refractivity contribution in [2.45, 2.75) is 44.6 Å².